The third kappa shape index (κ3) is 3.93. The lowest BCUT2D eigenvalue weighted by atomic mass is 9.80. The van der Waals surface area contributed by atoms with Crippen LogP contribution >= 0.6 is 0 Å². The van der Waals surface area contributed by atoms with Gasteiger partial charge in [-0.1, -0.05) is 44.2 Å². The SMILES string of the molecule is CN(Cc1nccn1C)CC(C)(C)C(N)c1ccccc1. The van der Waals surface area contributed by atoms with Crippen LogP contribution < -0.4 is 5.73 Å². The molecule has 0 aliphatic carbocycles. The van der Waals surface area contributed by atoms with Crippen LogP contribution in [0.1, 0.15) is 31.3 Å². The topological polar surface area (TPSA) is 47.1 Å². The first kappa shape index (κ1) is 15.7. The van der Waals surface area contributed by atoms with Gasteiger partial charge >= 0.3 is 0 Å². The summed E-state index contributed by atoms with van der Waals surface area (Å²) in [6.07, 6.45) is 3.81. The molecule has 21 heavy (non-hydrogen) atoms. The Kier molecular flexibility index (Phi) is 4.80. The number of rotatable bonds is 6. The van der Waals surface area contributed by atoms with E-state index < -0.39 is 0 Å². The quantitative estimate of drug-likeness (QED) is 0.888. The maximum absolute atomic E-state index is 6.48. The average molecular weight is 286 g/mol. The molecule has 1 heterocycles. The van der Waals surface area contributed by atoms with Crippen LogP contribution in [0.5, 0.6) is 0 Å². The summed E-state index contributed by atoms with van der Waals surface area (Å²) in [4.78, 5) is 6.66. The lowest BCUT2D eigenvalue weighted by Gasteiger charge is -2.35. The van der Waals surface area contributed by atoms with Crippen LogP contribution in [0.2, 0.25) is 0 Å². The fraction of sp³-hybridized carbons (Fsp3) is 0.471. The molecule has 1 unspecified atom stereocenters. The Morgan fingerprint density at radius 1 is 1.29 bits per heavy atom. The van der Waals surface area contributed by atoms with E-state index in [0.29, 0.717) is 0 Å². The standard InChI is InChI=1S/C17H26N4/c1-17(2,16(18)14-8-6-5-7-9-14)13-20(3)12-15-19-10-11-21(15)4/h5-11,16H,12-13,18H2,1-4H3. The molecule has 0 aliphatic rings. The molecule has 0 spiro atoms. The van der Waals surface area contributed by atoms with E-state index in [9.17, 15) is 0 Å². The summed E-state index contributed by atoms with van der Waals surface area (Å²) in [6.45, 7) is 6.18. The van der Waals surface area contributed by atoms with Gasteiger partial charge in [0.1, 0.15) is 5.82 Å². The maximum atomic E-state index is 6.48. The number of aryl methyl sites for hydroxylation is 1. The van der Waals surface area contributed by atoms with Crippen molar-refractivity contribution in [2.75, 3.05) is 13.6 Å². The fourth-order valence-corrected chi connectivity index (χ4v) is 2.75. The Balaban J connectivity index is 2.01. The maximum Gasteiger partial charge on any atom is 0.122 e. The number of imidazole rings is 1. The summed E-state index contributed by atoms with van der Waals surface area (Å²) >= 11 is 0. The minimum absolute atomic E-state index is 0.0126. The lowest BCUT2D eigenvalue weighted by molar-refractivity contribution is 0.168. The zero-order valence-electron chi connectivity index (χ0n) is 13.5. The zero-order chi connectivity index (χ0) is 15.5. The van der Waals surface area contributed by atoms with Gasteiger partial charge in [-0.25, -0.2) is 4.98 Å². The summed E-state index contributed by atoms with van der Waals surface area (Å²) in [5.41, 5.74) is 7.65. The van der Waals surface area contributed by atoms with E-state index in [1.807, 2.05) is 37.6 Å². The molecule has 114 valence electrons. The molecule has 0 radical (unpaired) electrons. The van der Waals surface area contributed by atoms with E-state index in [0.717, 1.165) is 18.9 Å². The number of nitrogens with zero attached hydrogens (tertiary/aromatic N) is 3. The molecule has 0 aliphatic heterocycles. The van der Waals surface area contributed by atoms with Gasteiger partial charge in [0, 0.05) is 32.0 Å². The van der Waals surface area contributed by atoms with Gasteiger partial charge in [-0.15, -0.1) is 0 Å². The van der Waals surface area contributed by atoms with Gasteiger partial charge in [0.15, 0.2) is 0 Å². The van der Waals surface area contributed by atoms with Crippen LogP contribution in [-0.4, -0.2) is 28.0 Å². The van der Waals surface area contributed by atoms with Gasteiger partial charge in [0.2, 0.25) is 0 Å². The highest BCUT2D eigenvalue weighted by molar-refractivity contribution is 5.20. The molecule has 0 amide bonds. The number of benzene rings is 1. The number of hydrogen-bond donors (Lipinski definition) is 1. The van der Waals surface area contributed by atoms with Crippen molar-refractivity contribution in [3.05, 3.63) is 54.1 Å². The first-order valence-electron chi connectivity index (χ1n) is 7.35. The van der Waals surface area contributed by atoms with Crippen LogP contribution in [0.3, 0.4) is 0 Å². The van der Waals surface area contributed by atoms with E-state index in [2.05, 4.69) is 47.5 Å². The van der Waals surface area contributed by atoms with Gasteiger partial charge in [-0.2, -0.15) is 0 Å². The fourth-order valence-electron chi connectivity index (χ4n) is 2.75. The predicted molar refractivity (Wildman–Crippen MR) is 86.7 cm³/mol. The lowest BCUT2D eigenvalue weighted by Crippen LogP contribution is -2.39. The third-order valence-corrected chi connectivity index (χ3v) is 4.01. The minimum Gasteiger partial charge on any atom is -0.337 e. The Bertz CT molecular complexity index is 559. The number of nitrogens with two attached hydrogens (primary N) is 1. The van der Waals surface area contributed by atoms with Crippen molar-refractivity contribution in [2.45, 2.75) is 26.4 Å². The predicted octanol–water partition coefficient (Wildman–Crippen LogP) is 2.58. The molecular formula is C17H26N4. The third-order valence-electron chi connectivity index (χ3n) is 4.01. The molecule has 0 saturated heterocycles. The smallest absolute Gasteiger partial charge is 0.122 e. The second kappa shape index (κ2) is 6.41. The second-order valence-electron chi connectivity index (χ2n) is 6.50. The number of hydrogen-bond acceptors (Lipinski definition) is 3. The summed E-state index contributed by atoms with van der Waals surface area (Å²) in [6, 6.07) is 10.3. The van der Waals surface area contributed by atoms with Crippen LogP contribution in [0, 0.1) is 5.41 Å². The highest BCUT2D eigenvalue weighted by atomic mass is 15.2. The zero-order valence-corrected chi connectivity index (χ0v) is 13.5. The van der Waals surface area contributed by atoms with Gasteiger partial charge in [-0.05, 0) is 18.0 Å². The summed E-state index contributed by atoms with van der Waals surface area (Å²) in [5, 5.41) is 0. The van der Waals surface area contributed by atoms with Crippen LogP contribution in [0.15, 0.2) is 42.7 Å². The molecule has 2 aromatic rings. The molecule has 1 aromatic heterocycles. The van der Waals surface area contributed by atoms with E-state index in [4.69, 9.17) is 5.73 Å². The minimum atomic E-state index is -0.0126. The molecule has 0 fully saturated rings. The Morgan fingerprint density at radius 2 is 1.95 bits per heavy atom. The second-order valence-corrected chi connectivity index (χ2v) is 6.50. The first-order valence-corrected chi connectivity index (χ1v) is 7.35. The highest BCUT2D eigenvalue weighted by Gasteiger charge is 2.29. The van der Waals surface area contributed by atoms with Crippen molar-refractivity contribution < 1.29 is 0 Å². The van der Waals surface area contributed by atoms with Gasteiger partial charge in [-0.3, -0.25) is 4.90 Å². The van der Waals surface area contributed by atoms with Crippen molar-refractivity contribution in [1.29, 1.82) is 0 Å². The van der Waals surface area contributed by atoms with Crippen molar-refractivity contribution in [3.63, 3.8) is 0 Å². The molecule has 1 aromatic carbocycles. The average Bonchev–Trinajstić information content (AvgIpc) is 2.83. The van der Waals surface area contributed by atoms with Crippen LogP contribution in [0.25, 0.3) is 0 Å². The molecule has 4 heteroatoms. The highest BCUT2D eigenvalue weighted by Crippen LogP contribution is 2.32. The van der Waals surface area contributed by atoms with Crippen molar-refractivity contribution >= 4 is 0 Å². The van der Waals surface area contributed by atoms with E-state index in [1.165, 1.54) is 5.56 Å². The van der Waals surface area contributed by atoms with E-state index in [-0.39, 0.29) is 11.5 Å². The molecule has 0 saturated carbocycles. The molecule has 1 atom stereocenters. The van der Waals surface area contributed by atoms with Crippen molar-refractivity contribution in [3.8, 4) is 0 Å². The summed E-state index contributed by atoms with van der Waals surface area (Å²) < 4.78 is 2.06. The van der Waals surface area contributed by atoms with Crippen LogP contribution in [0.4, 0.5) is 0 Å². The van der Waals surface area contributed by atoms with Crippen LogP contribution in [-0.2, 0) is 13.6 Å². The largest absolute Gasteiger partial charge is 0.337 e. The molecular weight excluding hydrogens is 260 g/mol. The van der Waals surface area contributed by atoms with Crippen molar-refractivity contribution in [2.24, 2.45) is 18.2 Å². The van der Waals surface area contributed by atoms with Gasteiger partial charge in [0.05, 0.1) is 6.54 Å². The first-order chi connectivity index (χ1) is 9.90. The summed E-state index contributed by atoms with van der Waals surface area (Å²) in [7, 11) is 4.14. The Hall–Kier alpha value is -1.65. The molecule has 4 nitrogen and oxygen atoms in total. The summed E-state index contributed by atoms with van der Waals surface area (Å²) in [5.74, 6) is 1.07. The monoisotopic (exact) mass is 286 g/mol. The van der Waals surface area contributed by atoms with Gasteiger partial charge in [0.25, 0.3) is 0 Å². The van der Waals surface area contributed by atoms with E-state index in [1.54, 1.807) is 0 Å². The van der Waals surface area contributed by atoms with Crippen molar-refractivity contribution in [1.82, 2.24) is 14.5 Å². The molecule has 2 rings (SSSR count). The van der Waals surface area contributed by atoms with E-state index >= 15 is 0 Å². The normalized spacial score (nSPS) is 13.6. The Morgan fingerprint density at radius 3 is 2.52 bits per heavy atom. The molecule has 2 N–H and O–H groups in total. The number of aromatic nitrogens is 2. The van der Waals surface area contributed by atoms with Gasteiger partial charge < -0.3 is 10.3 Å². The Labute approximate surface area is 127 Å². The molecule has 0 bridgehead atoms.